The maximum absolute atomic E-state index is 11.6. The molecule has 3 heterocycles. The van der Waals surface area contributed by atoms with Crippen LogP contribution in [0.2, 0.25) is 0 Å². The van der Waals surface area contributed by atoms with E-state index in [1.807, 2.05) is 0 Å². The minimum absolute atomic E-state index is 0.0706. The van der Waals surface area contributed by atoms with E-state index in [4.69, 9.17) is 9.47 Å². The molecule has 0 aromatic carbocycles. The van der Waals surface area contributed by atoms with E-state index < -0.39 is 41.4 Å². The Bertz CT molecular complexity index is 453. The molecule has 3 aliphatic heterocycles. The zero-order chi connectivity index (χ0) is 12.2. The maximum atomic E-state index is 11.6. The van der Waals surface area contributed by atoms with Crippen LogP contribution in [0.15, 0.2) is 12.2 Å². The number of rotatable bonds is 2. The third kappa shape index (κ3) is 1.27. The fourth-order valence-electron chi connectivity index (χ4n) is 2.69. The molecule has 0 spiro atoms. The number of hydrogen-bond acceptors (Lipinski definition) is 6. The Hall–Kier alpha value is -1.69. The van der Waals surface area contributed by atoms with Gasteiger partial charge in [0.25, 0.3) is 0 Å². The van der Waals surface area contributed by atoms with Crippen molar-refractivity contribution in [2.45, 2.75) is 18.6 Å². The van der Waals surface area contributed by atoms with Gasteiger partial charge in [0.05, 0.1) is 6.10 Å². The third-order valence-corrected chi connectivity index (χ3v) is 3.39. The first-order valence-corrected chi connectivity index (χ1v) is 5.29. The predicted octanol–water partition coefficient (Wildman–Crippen LogP) is -0.427. The summed E-state index contributed by atoms with van der Waals surface area (Å²) >= 11 is 0. The standard InChI is InChI=1S/C11H10O6/c1-5(12)15-4-11-3-2-6(17-11)7-8(11)10(14)16-9(7)13/h2-3,6-8H,4H2,1H3/t6-,7-,8-,11+/m1/s1. The lowest BCUT2D eigenvalue weighted by atomic mass is 9.77. The molecular formula is C11H10O6. The number of hydrogen-bond donors (Lipinski definition) is 0. The van der Waals surface area contributed by atoms with Gasteiger partial charge in [-0.3, -0.25) is 14.4 Å². The van der Waals surface area contributed by atoms with Crippen LogP contribution in [0.1, 0.15) is 6.92 Å². The topological polar surface area (TPSA) is 78.9 Å². The van der Waals surface area contributed by atoms with Crippen LogP contribution in [0, 0.1) is 11.8 Å². The van der Waals surface area contributed by atoms with E-state index in [-0.39, 0.29) is 6.61 Å². The van der Waals surface area contributed by atoms with E-state index in [1.54, 1.807) is 12.2 Å². The number of ether oxygens (including phenoxy) is 3. The molecule has 0 radical (unpaired) electrons. The fourth-order valence-corrected chi connectivity index (χ4v) is 2.69. The van der Waals surface area contributed by atoms with Gasteiger partial charge in [-0.1, -0.05) is 6.08 Å². The summed E-state index contributed by atoms with van der Waals surface area (Å²) in [5.74, 6) is -2.90. The van der Waals surface area contributed by atoms with Gasteiger partial charge in [-0.25, -0.2) is 0 Å². The molecule has 0 aromatic rings. The van der Waals surface area contributed by atoms with Crippen LogP contribution in [-0.4, -0.2) is 36.2 Å². The second-order valence-corrected chi connectivity index (χ2v) is 4.42. The predicted molar refractivity (Wildman–Crippen MR) is 51.5 cm³/mol. The van der Waals surface area contributed by atoms with Crippen LogP contribution in [0.4, 0.5) is 0 Å². The summed E-state index contributed by atoms with van der Waals surface area (Å²) in [6.07, 6.45) is 2.95. The molecule has 2 saturated heterocycles. The Morgan fingerprint density at radius 2 is 2.24 bits per heavy atom. The Labute approximate surface area is 96.5 Å². The molecular weight excluding hydrogens is 228 g/mol. The van der Waals surface area contributed by atoms with Gasteiger partial charge in [-0.15, -0.1) is 0 Å². The van der Waals surface area contributed by atoms with Crippen molar-refractivity contribution in [1.82, 2.24) is 0 Å². The van der Waals surface area contributed by atoms with Gasteiger partial charge < -0.3 is 14.2 Å². The zero-order valence-corrected chi connectivity index (χ0v) is 9.04. The Morgan fingerprint density at radius 1 is 1.47 bits per heavy atom. The van der Waals surface area contributed by atoms with Crippen LogP contribution in [0.5, 0.6) is 0 Å². The summed E-state index contributed by atoms with van der Waals surface area (Å²) in [4.78, 5) is 33.9. The van der Waals surface area contributed by atoms with E-state index in [2.05, 4.69) is 4.74 Å². The Kier molecular flexibility index (Phi) is 1.95. The van der Waals surface area contributed by atoms with Crippen molar-refractivity contribution >= 4 is 17.9 Å². The lowest BCUT2D eigenvalue weighted by molar-refractivity contribution is -0.163. The Balaban J connectivity index is 1.91. The van der Waals surface area contributed by atoms with Crippen molar-refractivity contribution in [3.63, 3.8) is 0 Å². The first kappa shape index (κ1) is 10.5. The molecule has 0 N–H and O–H groups in total. The first-order valence-electron chi connectivity index (χ1n) is 5.29. The molecule has 6 heteroatoms. The van der Waals surface area contributed by atoms with Gasteiger partial charge in [0.1, 0.15) is 24.0 Å². The molecule has 0 aromatic heterocycles. The fraction of sp³-hybridized carbons (Fsp3) is 0.545. The van der Waals surface area contributed by atoms with Gasteiger partial charge >= 0.3 is 17.9 Å². The number of esters is 3. The average molecular weight is 238 g/mol. The molecule has 0 aliphatic carbocycles. The van der Waals surface area contributed by atoms with Gasteiger partial charge in [0.2, 0.25) is 0 Å². The van der Waals surface area contributed by atoms with Crippen LogP contribution >= 0.6 is 0 Å². The van der Waals surface area contributed by atoms with Crippen LogP contribution in [-0.2, 0) is 28.6 Å². The molecule has 2 bridgehead atoms. The molecule has 3 aliphatic rings. The average Bonchev–Trinajstić information content (AvgIpc) is 2.88. The molecule has 0 saturated carbocycles. The highest BCUT2D eigenvalue weighted by Crippen LogP contribution is 2.51. The van der Waals surface area contributed by atoms with Crippen molar-refractivity contribution in [3.8, 4) is 0 Å². The maximum Gasteiger partial charge on any atom is 0.321 e. The van der Waals surface area contributed by atoms with Crippen molar-refractivity contribution in [2.75, 3.05) is 6.61 Å². The van der Waals surface area contributed by atoms with Gasteiger partial charge in [0.15, 0.2) is 0 Å². The van der Waals surface area contributed by atoms with Crippen LogP contribution in [0.25, 0.3) is 0 Å². The summed E-state index contributed by atoms with van der Waals surface area (Å²) in [6, 6.07) is 0. The minimum Gasteiger partial charge on any atom is -0.462 e. The lowest BCUT2D eigenvalue weighted by Crippen LogP contribution is -2.42. The second kappa shape index (κ2) is 3.16. The lowest BCUT2D eigenvalue weighted by Gasteiger charge is -2.26. The zero-order valence-electron chi connectivity index (χ0n) is 9.04. The molecule has 0 unspecified atom stereocenters. The first-order chi connectivity index (χ1) is 8.03. The van der Waals surface area contributed by atoms with Crippen LogP contribution < -0.4 is 0 Å². The largest absolute Gasteiger partial charge is 0.462 e. The highest BCUT2D eigenvalue weighted by molar-refractivity contribution is 5.99. The van der Waals surface area contributed by atoms with Crippen molar-refractivity contribution in [3.05, 3.63) is 12.2 Å². The van der Waals surface area contributed by atoms with Gasteiger partial charge in [0, 0.05) is 6.92 Å². The SMILES string of the molecule is CC(=O)OC[C@]12C=C[C@@H](O1)[C@H]1C(=O)OC(=O)[C@@H]12. The van der Waals surface area contributed by atoms with E-state index in [0.29, 0.717) is 0 Å². The monoisotopic (exact) mass is 238 g/mol. The molecule has 6 nitrogen and oxygen atoms in total. The molecule has 4 atom stereocenters. The molecule has 90 valence electrons. The van der Waals surface area contributed by atoms with E-state index in [9.17, 15) is 14.4 Å². The summed E-state index contributed by atoms with van der Waals surface area (Å²) in [7, 11) is 0. The number of carbonyl (C=O) groups is 3. The summed E-state index contributed by atoms with van der Waals surface area (Å²) < 4.78 is 15.1. The minimum atomic E-state index is -1.02. The summed E-state index contributed by atoms with van der Waals surface area (Å²) in [6.45, 7) is 1.20. The second-order valence-electron chi connectivity index (χ2n) is 4.42. The summed E-state index contributed by atoms with van der Waals surface area (Å²) in [5.41, 5.74) is -1.02. The smallest absolute Gasteiger partial charge is 0.321 e. The van der Waals surface area contributed by atoms with E-state index in [1.165, 1.54) is 6.92 Å². The van der Waals surface area contributed by atoms with E-state index >= 15 is 0 Å². The number of cyclic esters (lactones) is 2. The molecule has 0 amide bonds. The number of fused-ring (bicyclic) bond motifs is 5. The van der Waals surface area contributed by atoms with E-state index in [0.717, 1.165) is 0 Å². The molecule has 2 fully saturated rings. The van der Waals surface area contributed by atoms with Crippen molar-refractivity contribution in [1.29, 1.82) is 0 Å². The molecule has 17 heavy (non-hydrogen) atoms. The van der Waals surface area contributed by atoms with Crippen molar-refractivity contribution in [2.24, 2.45) is 11.8 Å². The van der Waals surface area contributed by atoms with Gasteiger partial charge in [-0.05, 0) is 6.08 Å². The highest BCUT2D eigenvalue weighted by atomic mass is 16.6. The highest BCUT2D eigenvalue weighted by Gasteiger charge is 2.67. The van der Waals surface area contributed by atoms with Crippen molar-refractivity contribution < 1.29 is 28.6 Å². The number of carbonyl (C=O) groups excluding carboxylic acids is 3. The third-order valence-electron chi connectivity index (χ3n) is 3.39. The quantitative estimate of drug-likeness (QED) is 0.369. The summed E-state index contributed by atoms with van der Waals surface area (Å²) in [5, 5.41) is 0. The Morgan fingerprint density at radius 3 is 2.94 bits per heavy atom. The van der Waals surface area contributed by atoms with Gasteiger partial charge in [-0.2, -0.15) is 0 Å². The normalized spacial score (nSPS) is 41.6. The van der Waals surface area contributed by atoms with Crippen LogP contribution in [0.3, 0.4) is 0 Å². The molecule has 3 rings (SSSR count).